The number of anilines is 1. The fourth-order valence-corrected chi connectivity index (χ4v) is 2.67. The molecule has 0 fully saturated rings. The van der Waals surface area contributed by atoms with E-state index in [1.807, 2.05) is 43.3 Å². The van der Waals surface area contributed by atoms with Crippen molar-refractivity contribution in [2.75, 3.05) is 5.32 Å². The highest BCUT2D eigenvalue weighted by atomic mass is 35.5. The Bertz CT molecular complexity index is 641. The van der Waals surface area contributed by atoms with Gasteiger partial charge in [-0.05, 0) is 42.3 Å². The maximum Gasteiger partial charge on any atom is 0.221 e. The zero-order chi connectivity index (χ0) is 15.4. The Labute approximate surface area is 134 Å². The van der Waals surface area contributed by atoms with E-state index in [2.05, 4.69) is 5.32 Å². The number of primary amides is 1. The number of rotatable bonds is 5. The lowest BCUT2D eigenvalue weighted by atomic mass is 10.1. The second-order valence-corrected chi connectivity index (χ2v) is 5.72. The lowest BCUT2D eigenvalue weighted by Gasteiger charge is -2.17. The molecule has 0 heterocycles. The summed E-state index contributed by atoms with van der Waals surface area (Å²) in [5.41, 5.74) is 7.98. The van der Waals surface area contributed by atoms with Crippen LogP contribution in [-0.4, -0.2) is 5.91 Å². The molecule has 0 bridgehead atoms. The molecule has 1 amide bonds. The van der Waals surface area contributed by atoms with Gasteiger partial charge < -0.3 is 11.1 Å². The summed E-state index contributed by atoms with van der Waals surface area (Å²) < 4.78 is 0. The average molecular weight is 323 g/mol. The molecule has 21 heavy (non-hydrogen) atoms. The molecule has 0 saturated heterocycles. The van der Waals surface area contributed by atoms with Gasteiger partial charge in [-0.1, -0.05) is 41.4 Å². The molecule has 0 aromatic heterocycles. The van der Waals surface area contributed by atoms with Crippen LogP contribution in [0, 0.1) is 0 Å². The number of hydrogen-bond acceptors (Lipinski definition) is 2. The number of carbonyl (C=O) groups is 1. The molecule has 0 aliphatic heterocycles. The number of benzene rings is 2. The largest absolute Gasteiger partial charge is 0.378 e. The first kappa shape index (κ1) is 15.7. The van der Waals surface area contributed by atoms with Gasteiger partial charge in [-0.2, -0.15) is 0 Å². The lowest BCUT2D eigenvalue weighted by Crippen LogP contribution is -2.13. The normalized spacial score (nSPS) is 12.0. The topological polar surface area (TPSA) is 55.1 Å². The van der Waals surface area contributed by atoms with Crippen LogP contribution in [-0.2, 0) is 11.2 Å². The van der Waals surface area contributed by atoms with E-state index in [0.29, 0.717) is 10.0 Å². The fourth-order valence-electron chi connectivity index (χ4n) is 2.10. The van der Waals surface area contributed by atoms with Gasteiger partial charge in [0.25, 0.3) is 0 Å². The van der Waals surface area contributed by atoms with Gasteiger partial charge in [0.05, 0.1) is 6.42 Å². The van der Waals surface area contributed by atoms with Crippen LogP contribution in [0.4, 0.5) is 5.69 Å². The maximum atomic E-state index is 10.9. The molecular weight excluding hydrogens is 307 g/mol. The smallest absolute Gasteiger partial charge is 0.221 e. The van der Waals surface area contributed by atoms with E-state index < -0.39 is 0 Å². The average Bonchev–Trinajstić information content (AvgIpc) is 2.40. The van der Waals surface area contributed by atoms with Crippen LogP contribution in [0.3, 0.4) is 0 Å². The van der Waals surface area contributed by atoms with E-state index in [1.165, 1.54) is 0 Å². The van der Waals surface area contributed by atoms with Crippen molar-refractivity contribution < 1.29 is 4.79 Å². The number of halogens is 2. The van der Waals surface area contributed by atoms with Crippen molar-refractivity contribution in [3.05, 3.63) is 63.6 Å². The van der Waals surface area contributed by atoms with Crippen molar-refractivity contribution in [2.24, 2.45) is 5.73 Å². The van der Waals surface area contributed by atoms with Crippen LogP contribution in [0.2, 0.25) is 10.0 Å². The van der Waals surface area contributed by atoms with E-state index in [4.69, 9.17) is 28.9 Å². The molecule has 0 radical (unpaired) electrons. The molecule has 0 aliphatic rings. The van der Waals surface area contributed by atoms with Crippen LogP contribution < -0.4 is 11.1 Å². The van der Waals surface area contributed by atoms with Crippen molar-refractivity contribution in [2.45, 2.75) is 19.4 Å². The zero-order valence-corrected chi connectivity index (χ0v) is 13.1. The molecule has 1 atom stereocenters. The highest BCUT2D eigenvalue weighted by Crippen LogP contribution is 2.28. The Morgan fingerprint density at radius 2 is 1.86 bits per heavy atom. The van der Waals surface area contributed by atoms with E-state index in [1.54, 1.807) is 6.07 Å². The van der Waals surface area contributed by atoms with Gasteiger partial charge in [-0.15, -0.1) is 0 Å². The fraction of sp³-hybridized carbons (Fsp3) is 0.188. The number of amides is 1. The van der Waals surface area contributed by atoms with Gasteiger partial charge in [0.2, 0.25) is 5.91 Å². The third-order valence-electron chi connectivity index (χ3n) is 3.14. The SMILES string of the molecule is CC(Nc1ccc(CC(N)=O)cc1)c1ccc(Cl)cc1Cl. The van der Waals surface area contributed by atoms with Crippen LogP contribution in [0.15, 0.2) is 42.5 Å². The number of nitrogens with one attached hydrogen (secondary N) is 1. The Morgan fingerprint density at radius 3 is 2.43 bits per heavy atom. The van der Waals surface area contributed by atoms with E-state index in [0.717, 1.165) is 16.8 Å². The first-order chi connectivity index (χ1) is 9.95. The van der Waals surface area contributed by atoms with Crippen LogP contribution in [0.25, 0.3) is 0 Å². The van der Waals surface area contributed by atoms with Gasteiger partial charge in [-0.3, -0.25) is 4.79 Å². The second kappa shape index (κ2) is 6.83. The highest BCUT2D eigenvalue weighted by molar-refractivity contribution is 6.35. The predicted molar refractivity (Wildman–Crippen MR) is 87.8 cm³/mol. The zero-order valence-electron chi connectivity index (χ0n) is 11.6. The van der Waals surface area contributed by atoms with Crippen LogP contribution in [0.1, 0.15) is 24.1 Å². The maximum absolute atomic E-state index is 10.9. The van der Waals surface area contributed by atoms with Crippen molar-refractivity contribution in [1.82, 2.24) is 0 Å². The first-order valence-corrected chi connectivity index (χ1v) is 7.30. The van der Waals surface area contributed by atoms with E-state index >= 15 is 0 Å². The van der Waals surface area contributed by atoms with Gasteiger partial charge >= 0.3 is 0 Å². The highest BCUT2D eigenvalue weighted by Gasteiger charge is 2.10. The number of hydrogen-bond donors (Lipinski definition) is 2. The minimum Gasteiger partial charge on any atom is -0.378 e. The molecule has 2 aromatic rings. The lowest BCUT2D eigenvalue weighted by molar-refractivity contribution is -0.117. The summed E-state index contributed by atoms with van der Waals surface area (Å²) in [5, 5.41) is 4.60. The summed E-state index contributed by atoms with van der Waals surface area (Å²) in [6.45, 7) is 2.02. The summed E-state index contributed by atoms with van der Waals surface area (Å²) in [5.74, 6) is -0.336. The van der Waals surface area contributed by atoms with Crippen LogP contribution >= 0.6 is 23.2 Å². The van der Waals surface area contributed by atoms with Crippen molar-refractivity contribution in [1.29, 1.82) is 0 Å². The summed E-state index contributed by atoms with van der Waals surface area (Å²) >= 11 is 12.1. The third-order valence-corrected chi connectivity index (χ3v) is 3.71. The molecular formula is C16H16Cl2N2O. The molecule has 3 N–H and O–H groups in total. The molecule has 0 spiro atoms. The molecule has 1 unspecified atom stereocenters. The van der Waals surface area contributed by atoms with Gasteiger partial charge in [0.15, 0.2) is 0 Å². The molecule has 3 nitrogen and oxygen atoms in total. The Balaban J connectivity index is 2.08. The molecule has 0 aliphatic carbocycles. The minimum absolute atomic E-state index is 0.0387. The van der Waals surface area contributed by atoms with Crippen molar-refractivity contribution >= 4 is 34.8 Å². The predicted octanol–water partition coefficient (Wildman–Crippen LogP) is 4.19. The van der Waals surface area contributed by atoms with Crippen molar-refractivity contribution in [3.8, 4) is 0 Å². The summed E-state index contributed by atoms with van der Waals surface area (Å²) in [7, 11) is 0. The molecule has 2 rings (SSSR count). The summed E-state index contributed by atoms with van der Waals surface area (Å²) in [6.07, 6.45) is 0.249. The summed E-state index contributed by atoms with van der Waals surface area (Å²) in [6, 6.07) is 13.1. The second-order valence-electron chi connectivity index (χ2n) is 4.87. The van der Waals surface area contributed by atoms with E-state index in [9.17, 15) is 4.79 Å². The van der Waals surface area contributed by atoms with E-state index in [-0.39, 0.29) is 18.4 Å². The first-order valence-electron chi connectivity index (χ1n) is 6.54. The Kier molecular flexibility index (Phi) is 5.10. The standard InChI is InChI=1S/C16H16Cl2N2O/c1-10(14-7-4-12(17)9-15(14)18)20-13-5-2-11(3-6-13)8-16(19)21/h2-7,9-10,20H,8H2,1H3,(H2,19,21). The molecule has 110 valence electrons. The van der Waals surface area contributed by atoms with Crippen LogP contribution in [0.5, 0.6) is 0 Å². The van der Waals surface area contributed by atoms with Gasteiger partial charge in [-0.25, -0.2) is 0 Å². The molecule has 0 saturated carbocycles. The minimum atomic E-state index is -0.336. The monoisotopic (exact) mass is 322 g/mol. The van der Waals surface area contributed by atoms with Gasteiger partial charge in [0.1, 0.15) is 0 Å². The molecule has 2 aromatic carbocycles. The number of nitrogens with two attached hydrogens (primary N) is 1. The Hall–Kier alpha value is -1.71. The Morgan fingerprint density at radius 1 is 1.19 bits per heavy atom. The third kappa shape index (κ3) is 4.38. The quantitative estimate of drug-likeness (QED) is 0.867. The van der Waals surface area contributed by atoms with Crippen molar-refractivity contribution in [3.63, 3.8) is 0 Å². The van der Waals surface area contributed by atoms with Gasteiger partial charge in [0, 0.05) is 21.8 Å². The molecule has 5 heteroatoms. The summed E-state index contributed by atoms with van der Waals surface area (Å²) in [4.78, 5) is 10.9. The number of carbonyl (C=O) groups excluding carboxylic acids is 1.